The van der Waals surface area contributed by atoms with Gasteiger partial charge in [-0.2, -0.15) is 5.10 Å². The van der Waals surface area contributed by atoms with Crippen LogP contribution in [0.2, 0.25) is 0 Å². The van der Waals surface area contributed by atoms with E-state index in [0.29, 0.717) is 30.9 Å². The van der Waals surface area contributed by atoms with Gasteiger partial charge in [0.1, 0.15) is 0 Å². The molecule has 7 nitrogen and oxygen atoms in total. The summed E-state index contributed by atoms with van der Waals surface area (Å²) in [7, 11) is 0. The van der Waals surface area contributed by atoms with Gasteiger partial charge in [0.25, 0.3) is 5.91 Å². The van der Waals surface area contributed by atoms with Crippen LogP contribution in [0.1, 0.15) is 46.2 Å². The molecule has 1 aromatic carbocycles. The molecule has 3 heterocycles. The Balaban J connectivity index is 1.61. The number of benzene rings is 1. The minimum absolute atomic E-state index is 0.0297. The molecule has 0 saturated carbocycles. The van der Waals surface area contributed by atoms with Gasteiger partial charge in [0.05, 0.1) is 53.0 Å². The number of carbonyl (C=O) groups excluding carboxylic acids is 1. The van der Waals surface area contributed by atoms with E-state index in [2.05, 4.69) is 15.1 Å². The monoisotopic (exact) mass is 351 g/mol. The molecule has 1 N–H and O–H groups in total. The first-order chi connectivity index (χ1) is 12.4. The molecule has 134 valence electrons. The van der Waals surface area contributed by atoms with E-state index >= 15 is 0 Å². The molecule has 1 atom stereocenters. The topological polar surface area (TPSA) is 84.1 Å². The lowest BCUT2D eigenvalue weighted by Crippen LogP contribution is -2.38. The van der Waals surface area contributed by atoms with E-state index in [1.807, 2.05) is 36.7 Å². The Labute approximate surface area is 151 Å². The van der Waals surface area contributed by atoms with Crippen molar-refractivity contribution in [2.75, 3.05) is 6.54 Å². The second-order valence-corrected chi connectivity index (χ2v) is 6.78. The number of aliphatic hydroxyl groups is 1. The minimum atomic E-state index is -0.608. The lowest BCUT2D eigenvalue weighted by Gasteiger charge is -2.27. The zero-order chi connectivity index (χ0) is 18.4. The van der Waals surface area contributed by atoms with Crippen molar-refractivity contribution in [1.29, 1.82) is 0 Å². The van der Waals surface area contributed by atoms with Gasteiger partial charge in [-0.1, -0.05) is 0 Å². The van der Waals surface area contributed by atoms with Crippen molar-refractivity contribution < 1.29 is 9.90 Å². The molecule has 2 aromatic heterocycles. The minimum Gasteiger partial charge on any atom is -0.387 e. The Hall–Kier alpha value is -2.80. The molecule has 0 radical (unpaired) electrons. The van der Waals surface area contributed by atoms with Crippen LogP contribution in [0.4, 0.5) is 0 Å². The number of rotatable bonds is 2. The summed E-state index contributed by atoms with van der Waals surface area (Å²) < 4.78 is 1.86. The van der Waals surface area contributed by atoms with Crippen molar-refractivity contribution >= 4 is 16.9 Å². The molecular weight excluding hydrogens is 330 g/mol. The maximum absolute atomic E-state index is 12.9. The molecule has 1 aliphatic heterocycles. The maximum Gasteiger partial charge on any atom is 0.254 e. The highest BCUT2D eigenvalue weighted by Crippen LogP contribution is 2.21. The first-order valence-corrected chi connectivity index (χ1v) is 8.71. The molecule has 0 aliphatic carbocycles. The average Bonchev–Trinajstić information content (AvgIpc) is 3.05. The largest absolute Gasteiger partial charge is 0.387 e. The normalized spacial score (nSPS) is 15.2. The highest BCUT2D eigenvalue weighted by molar-refractivity contribution is 5.97. The first kappa shape index (κ1) is 16.7. The highest BCUT2D eigenvalue weighted by Gasteiger charge is 2.24. The highest BCUT2D eigenvalue weighted by atomic mass is 16.3. The fourth-order valence-corrected chi connectivity index (χ4v) is 3.21. The first-order valence-electron chi connectivity index (χ1n) is 8.71. The summed E-state index contributed by atoms with van der Waals surface area (Å²) in [6.45, 7) is 7.23. The SMILES string of the molecule is Cc1nc2ccc(C(=O)N3CCn4nc(C(C)O)cc4C3)cc2nc1C. The third-order valence-electron chi connectivity index (χ3n) is 4.85. The molecule has 1 unspecified atom stereocenters. The summed E-state index contributed by atoms with van der Waals surface area (Å²) in [6.07, 6.45) is -0.608. The molecule has 0 bridgehead atoms. The number of nitrogens with zero attached hydrogens (tertiary/aromatic N) is 5. The fraction of sp³-hybridized carbons (Fsp3) is 0.368. The number of carbonyl (C=O) groups is 1. The number of fused-ring (bicyclic) bond motifs is 2. The number of hydrogen-bond donors (Lipinski definition) is 1. The number of amides is 1. The van der Waals surface area contributed by atoms with Gasteiger partial charge in [0.2, 0.25) is 0 Å². The van der Waals surface area contributed by atoms with Gasteiger partial charge in [-0.25, -0.2) is 9.97 Å². The second-order valence-electron chi connectivity index (χ2n) is 6.78. The summed E-state index contributed by atoms with van der Waals surface area (Å²) in [5.41, 5.74) is 5.48. The third-order valence-corrected chi connectivity index (χ3v) is 4.85. The predicted octanol–water partition coefficient (Wildman–Crippen LogP) is 2.15. The number of aliphatic hydroxyl groups excluding tert-OH is 1. The van der Waals surface area contributed by atoms with Gasteiger partial charge in [-0.15, -0.1) is 0 Å². The molecule has 0 fully saturated rings. The summed E-state index contributed by atoms with van der Waals surface area (Å²) in [5, 5.41) is 14.1. The van der Waals surface area contributed by atoms with Crippen molar-refractivity contribution in [2.24, 2.45) is 0 Å². The van der Waals surface area contributed by atoms with E-state index in [9.17, 15) is 9.90 Å². The van der Waals surface area contributed by atoms with Crippen LogP contribution in [0.5, 0.6) is 0 Å². The Morgan fingerprint density at radius 2 is 1.85 bits per heavy atom. The van der Waals surface area contributed by atoms with Crippen molar-refractivity contribution in [3.05, 3.63) is 52.6 Å². The Morgan fingerprint density at radius 1 is 1.12 bits per heavy atom. The second kappa shape index (κ2) is 6.17. The molecule has 26 heavy (non-hydrogen) atoms. The van der Waals surface area contributed by atoms with E-state index in [1.54, 1.807) is 17.9 Å². The molecule has 7 heteroatoms. The summed E-state index contributed by atoms with van der Waals surface area (Å²) in [6, 6.07) is 7.33. The van der Waals surface area contributed by atoms with Crippen molar-refractivity contribution in [2.45, 2.75) is 40.0 Å². The average molecular weight is 351 g/mol. The quantitative estimate of drug-likeness (QED) is 0.765. The van der Waals surface area contributed by atoms with Gasteiger partial charge < -0.3 is 10.0 Å². The predicted molar refractivity (Wildman–Crippen MR) is 96.6 cm³/mol. The van der Waals surface area contributed by atoms with Gasteiger partial charge in [-0.05, 0) is 45.0 Å². The van der Waals surface area contributed by atoms with E-state index in [-0.39, 0.29) is 5.91 Å². The third kappa shape index (κ3) is 2.84. The fourth-order valence-electron chi connectivity index (χ4n) is 3.21. The van der Waals surface area contributed by atoms with Crippen LogP contribution in [0, 0.1) is 13.8 Å². The Kier molecular flexibility index (Phi) is 3.96. The van der Waals surface area contributed by atoms with Gasteiger partial charge in [0.15, 0.2) is 0 Å². The zero-order valence-corrected chi connectivity index (χ0v) is 15.1. The number of aromatic nitrogens is 4. The molecule has 4 rings (SSSR count). The van der Waals surface area contributed by atoms with Crippen LogP contribution in [-0.4, -0.2) is 42.2 Å². The van der Waals surface area contributed by atoms with E-state index in [4.69, 9.17) is 0 Å². The lowest BCUT2D eigenvalue weighted by molar-refractivity contribution is 0.0706. The van der Waals surface area contributed by atoms with Gasteiger partial charge in [0, 0.05) is 12.1 Å². The zero-order valence-electron chi connectivity index (χ0n) is 15.1. The molecular formula is C19H21N5O2. The smallest absolute Gasteiger partial charge is 0.254 e. The van der Waals surface area contributed by atoms with Crippen LogP contribution in [0.15, 0.2) is 24.3 Å². The summed E-state index contributed by atoms with van der Waals surface area (Å²) >= 11 is 0. The lowest BCUT2D eigenvalue weighted by atomic mass is 10.1. The van der Waals surface area contributed by atoms with Crippen LogP contribution < -0.4 is 0 Å². The van der Waals surface area contributed by atoms with Crippen LogP contribution in [-0.2, 0) is 13.1 Å². The van der Waals surface area contributed by atoms with Crippen molar-refractivity contribution in [3.8, 4) is 0 Å². The van der Waals surface area contributed by atoms with Crippen LogP contribution in [0.25, 0.3) is 11.0 Å². The Bertz CT molecular complexity index is 1010. The van der Waals surface area contributed by atoms with E-state index in [0.717, 1.165) is 28.1 Å². The summed E-state index contributed by atoms with van der Waals surface area (Å²) in [5.74, 6) is -0.0297. The van der Waals surface area contributed by atoms with Crippen molar-refractivity contribution in [3.63, 3.8) is 0 Å². The van der Waals surface area contributed by atoms with Gasteiger partial charge >= 0.3 is 0 Å². The molecule has 1 amide bonds. The van der Waals surface area contributed by atoms with Crippen molar-refractivity contribution in [1.82, 2.24) is 24.6 Å². The van der Waals surface area contributed by atoms with E-state index in [1.165, 1.54) is 0 Å². The number of aryl methyl sites for hydroxylation is 2. The molecule has 1 aliphatic rings. The Morgan fingerprint density at radius 3 is 2.58 bits per heavy atom. The molecule has 0 spiro atoms. The molecule has 0 saturated heterocycles. The number of hydrogen-bond acceptors (Lipinski definition) is 5. The molecule has 3 aromatic rings. The summed E-state index contributed by atoms with van der Waals surface area (Å²) in [4.78, 5) is 23.8. The van der Waals surface area contributed by atoms with Crippen LogP contribution in [0.3, 0.4) is 0 Å². The maximum atomic E-state index is 12.9. The standard InChI is InChI=1S/C19H21N5O2/c1-11-12(2)21-18-8-14(4-5-16(18)20-11)19(26)23-6-7-24-15(10-23)9-17(22-24)13(3)25/h4-5,8-9,13,25H,6-7,10H2,1-3H3. The van der Waals surface area contributed by atoms with E-state index < -0.39 is 6.10 Å². The van der Waals surface area contributed by atoms with Gasteiger partial charge in [-0.3, -0.25) is 9.48 Å². The van der Waals surface area contributed by atoms with Crippen LogP contribution >= 0.6 is 0 Å².